The van der Waals surface area contributed by atoms with E-state index >= 15 is 0 Å². The molecular formula is C13H12N2O4S. The van der Waals surface area contributed by atoms with Crippen LogP contribution in [-0.4, -0.2) is 22.1 Å². The van der Waals surface area contributed by atoms with Gasteiger partial charge in [0.2, 0.25) is 5.91 Å². The lowest BCUT2D eigenvalue weighted by molar-refractivity contribution is -0.118. The first-order chi connectivity index (χ1) is 9.65. The van der Waals surface area contributed by atoms with Crippen molar-refractivity contribution >= 4 is 28.9 Å². The highest BCUT2D eigenvalue weighted by molar-refractivity contribution is 7.10. The van der Waals surface area contributed by atoms with Crippen molar-refractivity contribution in [3.8, 4) is 0 Å². The van der Waals surface area contributed by atoms with Gasteiger partial charge in [-0.15, -0.1) is 11.3 Å². The van der Waals surface area contributed by atoms with Crippen molar-refractivity contribution in [1.29, 1.82) is 0 Å². The maximum atomic E-state index is 12.2. The third-order valence-electron chi connectivity index (χ3n) is 3.20. The molecule has 0 saturated carbocycles. The summed E-state index contributed by atoms with van der Waals surface area (Å²) in [5.41, 5.74) is 0.749. The van der Waals surface area contributed by atoms with Crippen molar-refractivity contribution in [1.82, 2.24) is 5.16 Å². The Morgan fingerprint density at radius 3 is 3.10 bits per heavy atom. The number of aromatic nitrogens is 1. The monoisotopic (exact) mass is 292 g/mol. The lowest BCUT2D eigenvalue weighted by Gasteiger charge is -2.19. The predicted molar refractivity (Wildman–Crippen MR) is 71.9 cm³/mol. The Kier molecular flexibility index (Phi) is 3.27. The molecule has 0 fully saturated rings. The number of nitrogens with zero attached hydrogens (tertiary/aromatic N) is 2. The van der Waals surface area contributed by atoms with Crippen LogP contribution in [0, 0.1) is 0 Å². The van der Waals surface area contributed by atoms with Gasteiger partial charge in [-0.2, -0.15) is 0 Å². The summed E-state index contributed by atoms with van der Waals surface area (Å²) < 4.78 is 4.99. The molecule has 1 amide bonds. The van der Waals surface area contributed by atoms with Crippen LogP contribution in [0.4, 0.5) is 5.69 Å². The molecular weight excluding hydrogens is 280 g/mol. The van der Waals surface area contributed by atoms with Gasteiger partial charge in [0.05, 0.1) is 12.2 Å². The Bertz CT molecular complexity index is 661. The topological polar surface area (TPSA) is 83.6 Å². The van der Waals surface area contributed by atoms with Crippen molar-refractivity contribution < 1.29 is 19.2 Å². The van der Waals surface area contributed by atoms with E-state index < -0.39 is 5.97 Å². The number of fused-ring (bicyclic) bond motifs is 1. The first kappa shape index (κ1) is 12.9. The number of thiophene rings is 1. The molecule has 0 aliphatic carbocycles. The highest BCUT2D eigenvalue weighted by Crippen LogP contribution is 2.32. The molecule has 0 atom stereocenters. The number of rotatable bonds is 3. The van der Waals surface area contributed by atoms with Crippen LogP contribution in [-0.2, 0) is 17.8 Å². The molecule has 3 heterocycles. The van der Waals surface area contributed by atoms with Crippen LogP contribution in [0.15, 0.2) is 22.0 Å². The van der Waals surface area contributed by atoms with Gasteiger partial charge in [-0.3, -0.25) is 4.79 Å². The molecule has 2 aromatic heterocycles. The number of anilines is 1. The van der Waals surface area contributed by atoms with Crippen molar-refractivity contribution in [2.75, 3.05) is 4.90 Å². The molecule has 20 heavy (non-hydrogen) atoms. The molecule has 0 unspecified atom stereocenters. The molecule has 7 heteroatoms. The zero-order valence-electron chi connectivity index (χ0n) is 10.5. The zero-order chi connectivity index (χ0) is 14.1. The Hall–Kier alpha value is -2.15. The van der Waals surface area contributed by atoms with Gasteiger partial charge in [-0.05, 0) is 24.3 Å². The van der Waals surface area contributed by atoms with Gasteiger partial charge in [0, 0.05) is 17.4 Å². The summed E-state index contributed by atoms with van der Waals surface area (Å²) >= 11 is 1.63. The number of hydrogen-bond donors (Lipinski definition) is 1. The maximum Gasteiger partial charge on any atom is 0.358 e. The Balaban J connectivity index is 1.88. The van der Waals surface area contributed by atoms with Crippen LogP contribution < -0.4 is 4.90 Å². The molecule has 104 valence electrons. The second-order valence-corrected chi connectivity index (χ2v) is 5.55. The second-order valence-electron chi connectivity index (χ2n) is 4.55. The molecule has 1 N–H and O–H groups in total. The number of hydrogen-bond acceptors (Lipinski definition) is 5. The van der Waals surface area contributed by atoms with E-state index in [2.05, 4.69) is 5.16 Å². The summed E-state index contributed by atoms with van der Waals surface area (Å²) in [5, 5.41) is 14.2. The van der Waals surface area contributed by atoms with Gasteiger partial charge < -0.3 is 14.5 Å². The van der Waals surface area contributed by atoms with Crippen LogP contribution in [0.2, 0.25) is 0 Å². The number of aromatic carboxylic acids is 1. The fourth-order valence-corrected chi connectivity index (χ4v) is 3.17. The third-order valence-corrected chi connectivity index (χ3v) is 4.17. The highest BCUT2D eigenvalue weighted by Gasteiger charge is 2.25. The van der Waals surface area contributed by atoms with E-state index in [-0.39, 0.29) is 18.1 Å². The highest BCUT2D eigenvalue weighted by atomic mass is 32.1. The summed E-state index contributed by atoms with van der Waals surface area (Å²) in [5.74, 6) is -0.747. The number of carbonyl (C=O) groups is 2. The van der Waals surface area contributed by atoms with Crippen molar-refractivity contribution in [2.24, 2.45) is 0 Å². The SMILES string of the molecule is O=C(O)c1cc(CN2C(=O)CCCc3sccc32)on1. The average molecular weight is 292 g/mol. The number of carboxylic acids is 1. The minimum Gasteiger partial charge on any atom is -0.476 e. The number of carboxylic acid groups (broad SMARTS) is 1. The molecule has 6 nitrogen and oxygen atoms in total. The molecule has 1 aliphatic heterocycles. The lowest BCUT2D eigenvalue weighted by atomic mass is 10.2. The van der Waals surface area contributed by atoms with Gasteiger partial charge in [-0.25, -0.2) is 4.79 Å². The van der Waals surface area contributed by atoms with E-state index in [0.29, 0.717) is 12.2 Å². The number of aryl methyl sites for hydroxylation is 1. The van der Waals surface area contributed by atoms with Crippen LogP contribution in [0.5, 0.6) is 0 Å². The smallest absolute Gasteiger partial charge is 0.358 e. The summed E-state index contributed by atoms with van der Waals surface area (Å²) in [6.45, 7) is 0.211. The van der Waals surface area contributed by atoms with E-state index in [9.17, 15) is 9.59 Å². The third kappa shape index (κ3) is 2.32. The molecule has 0 radical (unpaired) electrons. The summed E-state index contributed by atoms with van der Waals surface area (Å²) in [4.78, 5) is 25.8. The first-order valence-corrected chi connectivity index (χ1v) is 7.09. The van der Waals surface area contributed by atoms with Crippen molar-refractivity contribution in [3.05, 3.63) is 33.8 Å². The fourth-order valence-electron chi connectivity index (χ4n) is 2.25. The quantitative estimate of drug-likeness (QED) is 0.938. The molecule has 3 rings (SSSR count). The van der Waals surface area contributed by atoms with Crippen LogP contribution >= 0.6 is 11.3 Å². The number of carbonyl (C=O) groups excluding carboxylic acids is 1. The van der Waals surface area contributed by atoms with E-state index in [1.54, 1.807) is 16.2 Å². The Morgan fingerprint density at radius 1 is 1.50 bits per heavy atom. The van der Waals surface area contributed by atoms with Crippen LogP contribution in [0.3, 0.4) is 0 Å². The molecule has 0 spiro atoms. The molecule has 2 aromatic rings. The van der Waals surface area contributed by atoms with Gasteiger partial charge in [0.15, 0.2) is 11.5 Å². The Labute approximate surface area is 118 Å². The zero-order valence-corrected chi connectivity index (χ0v) is 11.4. The maximum absolute atomic E-state index is 12.2. The molecule has 0 aromatic carbocycles. The van der Waals surface area contributed by atoms with Crippen molar-refractivity contribution in [2.45, 2.75) is 25.8 Å². The van der Waals surface area contributed by atoms with Crippen molar-refractivity contribution in [3.63, 3.8) is 0 Å². The van der Waals surface area contributed by atoms with E-state index in [0.717, 1.165) is 18.5 Å². The Morgan fingerprint density at radius 2 is 2.35 bits per heavy atom. The van der Waals surface area contributed by atoms with Gasteiger partial charge in [0.25, 0.3) is 0 Å². The van der Waals surface area contributed by atoms with E-state index in [4.69, 9.17) is 9.63 Å². The van der Waals surface area contributed by atoms with E-state index in [1.165, 1.54) is 10.9 Å². The first-order valence-electron chi connectivity index (χ1n) is 6.21. The summed E-state index contributed by atoms with van der Waals surface area (Å²) in [6, 6.07) is 3.27. The molecule has 1 aliphatic rings. The minimum absolute atomic E-state index is 0.0235. The summed E-state index contributed by atoms with van der Waals surface area (Å²) in [7, 11) is 0. The normalized spacial score (nSPS) is 15.0. The average Bonchev–Trinajstić information content (AvgIpc) is 3.02. The second kappa shape index (κ2) is 5.09. The largest absolute Gasteiger partial charge is 0.476 e. The summed E-state index contributed by atoms with van der Waals surface area (Å²) in [6.07, 6.45) is 2.22. The standard InChI is InChI=1S/C13H12N2O4S/c16-12-3-1-2-11-10(4-5-20-11)15(12)7-8-6-9(13(17)18)14-19-8/h4-6H,1-3,7H2,(H,17,18). The van der Waals surface area contributed by atoms with Gasteiger partial charge in [0.1, 0.15) is 0 Å². The van der Waals surface area contributed by atoms with E-state index in [1.807, 2.05) is 11.4 Å². The lowest BCUT2D eigenvalue weighted by Crippen LogP contribution is -2.29. The van der Waals surface area contributed by atoms with Crippen LogP contribution in [0.25, 0.3) is 0 Å². The van der Waals surface area contributed by atoms with Crippen LogP contribution in [0.1, 0.15) is 34.0 Å². The predicted octanol–water partition coefficient (Wildman–Crippen LogP) is 2.30. The molecule has 0 bridgehead atoms. The minimum atomic E-state index is -1.14. The molecule has 0 saturated heterocycles. The fraction of sp³-hybridized carbons (Fsp3) is 0.308. The van der Waals surface area contributed by atoms with Gasteiger partial charge >= 0.3 is 5.97 Å². The number of amides is 1. The van der Waals surface area contributed by atoms with Gasteiger partial charge in [-0.1, -0.05) is 5.16 Å².